The zero-order valence-electron chi connectivity index (χ0n) is 8.92. The Morgan fingerprint density at radius 2 is 2.12 bits per heavy atom. The topological polar surface area (TPSA) is 122 Å². The van der Waals surface area contributed by atoms with Gasteiger partial charge in [0.2, 0.25) is 0 Å². The molecule has 1 rings (SSSR count). The van der Waals surface area contributed by atoms with Gasteiger partial charge in [0.05, 0.1) is 0 Å². The summed E-state index contributed by atoms with van der Waals surface area (Å²) in [5, 5.41) is 21.3. The first-order valence-corrected chi connectivity index (χ1v) is 4.82. The largest absolute Gasteiger partial charge is 0.465 e. The van der Waals surface area contributed by atoms with Crippen LogP contribution in [0.3, 0.4) is 0 Å². The lowest BCUT2D eigenvalue weighted by Crippen LogP contribution is -2.28. The average Bonchev–Trinajstić information content (AvgIpc) is 2.29. The lowest BCUT2D eigenvalue weighted by Gasteiger charge is -2.04. The van der Waals surface area contributed by atoms with E-state index in [9.17, 15) is 4.79 Å². The molecule has 0 spiro atoms. The molecule has 88 valence electrons. The molecule has 0 saturated carbocycles. The van der Waals surface area contributed by atoms with Gasteiger partial charge in [-0.3, -0.25) is 10.7 Å². The van der Waals surface area contributed by atoms with E-state index >= 15 is 0 Å². The lowest BCUT2D eigenvalue weighted by atomic mass is 10.1. The average molecular weight is 233 g/mol. The molecule has 0 aromatic heterocycles. The zero-order chi connectivity index (χ0) is 12.7. The van der Waals surface area contributed by atoms with Gasteiger partial charge in [0.15, 0.2) is 0 Å². The molecule has 0 aliphatic rings. The second-order valence-corrected chi connectivity index (χ2v) is 3.21. The highest BCUT2D eigenvalue weighted by Crippen LogP contribution is 2.05. The zero-order valence-corrected chi connectivity index (χ0v) is 8.92. The second kappa shape index (κ2) is 6.14. The summed E-state index contributed by atoms with van der Waals surface area (Å²) in [5.41, 5.74) is 9.56. The number of nitrogens with one attached hydrogen (secondary N) is 2. The van der Waals surface area contributed by atoms with Crippen LogP contribution >= 0.6 is 0 Å². The molecule has 0 heterocycles. The Labute approximate surface area is 97.2 Å². The van der Waals surface area contributed by atoms with E-state index in [1.807, 2.05) is 5.32 Å². The Balaban J connectivity index is 2.64. The number of carboxylic acid groups (broad SMARTS) is 1. The van der Waals surface area contributed by atoms with Gasteiger partial charge >= 0.3 is 6.09 Å². The minimum absolute atomic E-state index is 0.168. The number of azide groups is 1. The maximum atomic E-state index is 10.3. The molecule has 7 heteroatoms. The van der Waals surface area contributed by atoms with Crippen LogP contribution in [0.2, 0.25) is 0 Å². The number of amides is 1. The summed E-state index contributed by atoms with van der Waals surface area (Å²) in [7, 11) is 0. The van der Waals surface area contributed by atoms with Crippen molar-refractivity contribution in [2.75, 3.05) is 6.54 Å². The number of hydrogen-bond donors (Lipinski definition) is 3. The molecule has 1 aromatic rings. The highest BCUT2D eigenvalue weighted by Gasteiger charge is 2.04. The number of benzene rings is 1. The first-order chi connectivity index (χ1) is 8.13. The molecule has 0 atom stereocenters. The summed E-state index contributed by atoms with van der Waals surface area (Å²) in [6, 6.07) is 6.81. The van der Waals surface area contributed by atoms with Crippen LogP contribution in [-0.4, -0.2) is 23.6 Å². The molecule has 0 saturated heterocycles. The van der Waals surface area contributed by atoms with Crippen LogP contribution in [-0.2, 0) is 6.42 Å². The fourth-order valence-electron chi connectivity index (χ4n) is 1.24. The van der Waals surface area contributed by atoms with Gasteiger partial charge in [-0.15, -0.1) is 0 Å². The summed E-state index contributed by atoms with van der Waals surface area (Å²) in [4.78, 5) is 13.0. The third kappa shape index (κ3) is 4.23. The number of nitrogens with zero attached hydrogens (tertiary/aromatic N) is 3. The molecule has 0 aliphatic carbocycles. The van der Waals surface area contributed by atoms with Crippen molar-refractivity contribution in [3.8, 4) is 0 Å². The van der Waals surface area contributed by atoms with E-state index in [0.29, 0.717) is 18.5 Å². The molecule has 0 unspecified atom stereocenters. The molecular weight excluding hydrogens is 222 g/mol. The normalized spacial score (nSPS) is 9.18. The molecule has 0 bridgehead atoms. The van der Waals surface area contributed by atoms with Gasteiger partial charge < -0.3 is 5.11 Å². The van der Waals surface area contributed by atoms with Crippen molar-refractivity contribution in [2.24, 2.45) is 5.11 Å². The van der Waals surface area contributed by atoms with Crippen LogP contribution in [0.15, 0.2) is 29.4 Å². The molecule has 0 aliphatic heterocycles. The molecule has 17 heavy (non-hydrogen) atoms. The highest BCUT2D eigenvalue weighted by atomic mass is 16.4. The fraction of sp³-hybridized carbons (Fsp3) is 0.200. The molecule has 7 nitrogen and oxygen atoms in total. The first-order valence-electron chi connectivity index (χ1n) is 4.82. The monoisotopic (exact) mass is 233 g/mol. The summed E-state index contributed by atoms with van der Waals surface area (Å²) in [5.74, 6) is -0.168. The predicted molar refractivity (Wildman–Crippen MR) is 62.1 cm³/mol. The Morgan fingerprint density at radius 1 is 1.47 bits per heavy atom. The number of hydrogen-bond acceptors (Lipinski definition) is 3. The van der Waals surface area contributed by atoms with Gasteiger partial charge in [0.25, 0.3) is 0 Å². The van der Waals surface area contributed by atoms with Gasteiger partial charge in [-0.25, -0.2) is 4.79 Å². The quantitative estimate of drug-likeness (QED) is 0.242. The maximum absolute atomic E-state index is 10.3. The van der Waals surface area contributed by atoms with E-state index in [2.05, 4.69) is 10.0 Å². The van der Waals surface area contributed by atoms with Crippen LogP contribution in [0.1, 0.15) is 11.1 Å². The van der Waals surface area contributed by atoms with E-state index in [0.717, 1.165) is 5.56 Å². The van der Waals surface area contributed by atoms with Gasteiger partial charge in [0.1, 0.15) is 5.84 Å². The number of rotatable bonds is 4. The van der Waals surface area contributed by atoms with E-state index in [1.165, 1.54) is 0 Å². The smallest absolute Gasteiger partial charge is 0.410 e. The fourth-order valence-corrected chi connectivity index (χ4v) is 1.24. The minimum Gasteiger partial charge on any atom is -0.465 e. The first kappa shape index (κ1) is 12.5. The van der Waals surface area contributed by atoms with Crippen molar-refractivity contribution in [1.82, 2.24) is 5.32 Å². The second-order valence-electron chi connectivity index (χ2n) is 3.21. The van der Waals surface area contributed by atoms with Crippen LogP contribution in [0, 0.1) is 5.41 Å². The number of carbonyl (C=O) groups is 1. The SMILES string of the molecule is [N-]=[N+]=NCCc1ccc(C(=N)NC(=O)O)cc1. The van der Waals surface area contributed by atoms with E-state index in [1.54, 1.807) is 24.3 Å². The summed E-state index contributed by atoms with van der Waals surface area (Å²) in [6.07, 6.45) is -0.647. The van der Waals surface area contributed by atoms with Crippen LogP contribution < -0.4 is 5.32 Å². The van der Waals surface area contributed by atoms with E-state index in [-0.39, 0.29) is 5.84 Å². The Kier molecular flexibility index (Phi) is 4.53. The van der Waals surface area contributed by atoms with Crippen molar-refractivity contribution < 1.29 is 9.90 Å². The summed E-state index contributed by atoms with van der Waals surface area (Å²) in [6.45, 7) is 0.376. The third-order valence-electron chi connectivity index (χ3n) is 2.04. The molecule has 1 aromatic carbocycles. The van der Waals surface area contributed by atoms with Gasteiger partial charge in [-0.1, -0.05) is 29.4 Å². The highest BCUT2D eigenvalue weighted by molar-refractivity contribution is 6.04. The minimum atomic E-state index is -1.26. The molecule has 0 fully saturated rings. The van der Waals surface area contributed by atoms with Gasteiger partial charge in [-0.05, 0) is 17.5 Å². The Hall–Kier alpha value is -2.53. The van der Waals surface area contributed by atoms with Crippen molar-refractivity contribution in [3.05, 3.63) is 45.8 Å². The van der Waals surface area contributed by atoms with E-state index in [4.69, 9.17) is 16.0 Å². The van der Waals surface area contributed by atoms with Crippen LogP contribution in [0.5, 0.6) is 0 Å². The van der Waals surface area contributed by atoms with Crippen molar-refractivity contribution >= 4 is 11.9 Å². The van der Waals surface area contributed by atoms with Crippen molar-refractivity contribution in [3.63, 3.8) is 0 Å². The maximum Gasteiger partial charge on any atom is 0.410 e. The number of amidine groups is 1. The summed E-state index contributed by atoms with van der Waals surface area (Å²) < 4.78 is 0. The van der Waals surface area contributed by atoms with Crippen LogP contribution in [0.25, 0.3) is 10.4 Å². The molecular formula is C10H11N5O2. The lowest BCUT2D eigenvalue weighted by molar-refractivity contribution is 0.200. The van der Waals surface area contributed by atoms with Crippen LogP contribution in [0.4, 0.5) is 4.79 Å². The summed E-state index contributed by atoms with van der Waals surface area (Å²) >= 11 is 0. The van der Waals surface area contributed by atoms with E-state index < -0.39 is 6.09 Å². The third-order valence-corrected chi connectivity index (χ3v) is 2.04. The molecule has 1 amide bonds. The molecule has 3 N–H and O–H groups in total. The van der Waals surface area contributed by atoms with Crippen molar-refractivity contribution in [2.45, 2.75) is 6.42 Å². The Morgan fingerprint density at radius 3 is 2.65 bits per heavy atom. The van der Waals surface area contributed by atoms with Gasteiger partial charge in [-0.2, -0.15) is 0 Å². The Bertz CT molecular complexity index is 462. The predicted octanol–water partition coefficient (Wildman–Crippen LogP) is 2.13. The van der Waals surface area contributed by atoms with Gasteiger partial charge in [0, 0.05) is 17.0 Å². The van der Waals surface area contributed by atoms with Crippen molar-refractivity contribution in [1.29, 1.82) is 5.41 Å². The molecule has 0 radical (unpaired) electrons. The standard InChI is InChI=1S/C10H11N5O2/c11-9(14-10(16)17)8-3-1-7(2-4-8)5-6-13-15-12/h1-4H,5-6H2,(H2,11,14)(H,16,17).